The van der Waals surface area contributed by atoms with Crippen LogP contribution in [0.25, 0.3) is 0 Å². The predicted molar refractivity (Wildman–Crippen MR) is 77.1 cm³/mol. The molecule has 2 N–H and O–H groups in total. The van der Waals surface area contributed by atoms with Gasteiger partial charge in [-0.3, -0.25) is 9.59 Å². The lowest BCUT2D eigenvalue weighted by Gasteiger charge is -2.07. The molecular weight excluding hydrogens is 297 g/mol. The van der Waals surface area contributed by atoms with Crippen LogP contribution in [0.4, 0.5) is 10.1 Å². The van der Waals surface area contributed by atoms with Gasteiger partial charge in [0.15, 0.2) is 0 Å². The molecule has 6 heteroatoms. The van der Waals surface area contributed by atoms with E-state index in [1.54, 1.807) is 24.3 Å². The van der Waals surface area contributed by atoms with Crippen LogP contribution < -0.4 is 5.32 Å². The lowest BCUT2D eigenvalue weighted by Crippen LogP contribution is -2.13. The molecule has 0 fully saturated rings. The molecule has 4 nitrogen and oxygen atoms in total. The number of halogens is 2. The molecule has 2 rings (SSSR count). The van der Waals surface area contributed by atoms with E-state index in [9.17, 15) is 14.0 Å². The van der Waals surface area contributed by atoms with Crippen LogP contribution in [0.1, 0.15) is 15.9 Å². The fraction of sp³-hybridized carbons (Fsp3) is 0.0667. The van der Waals surface area contributed by atoms with Crippen LogP contribution in [0.3, 0.4) is 0 Å². The number of amides is 1. The van der Waals surface area contributed by atoms with Gasteiger partial charge in [-0.2, -0.15) is 0 Å². The second-order valence-corrected chi connectivity index (χ2v) is 4.78. The maximum absolute atomic E-state index is 13.5. The van der Waals surface area contributed by atoms with Gasteiger partial charge < -0.3 is 10.4 Å². The lowest BCUT2D eigenvalue weighted by molar-refractivity contribution is -0.136. The number of benzene rings is 2. The summed E-state index contributed by atoms with van der Waals surface area (Å²) in [6.45, 7) is 0. The van der Waals surface area contributed by atoms with E-state index >= 15 is 0 Å². The highest BCUT2D eigenvalue weighted by Gasteiger charge is 2.12. The molecule has 0 saturated carbocycles. The van der Waals surface area contributed by atoms with Crippen LogP contribution in [0.15, 0.2) is 42.5 Å². The Balaban J connectivity index is 2.12. The average Bonchev–Trinajstić information content (AvgIpc) is 2.43. The van der Waals surface area contributed by atoms with Gasteiger partial charge in [0.05, 0.1) is 12.0 Å². The molecule has 0 unspecified atom stereocenters. The van der Waals surface area contributed by atoms with Gasteiger partial charge in [0.2, 0.25) is 0 Å². The molecule has 0 aliphatic carbocycles. The SMILES string of the molecule is O=C(O)Cc1ccc(NC(=O)c2cc(Cl)ccc2F)cc1. The zero-order valence-electron chi connectivity index (χ0n) is 10.8. The minimum absolute atomic E-state index is 0.100. The smallest absolute Gasteiger partial charge is 0.307 e. The first-order chi connectivity index (χ1) is 9.95. The molecule has 0 aliphatic rings. The fourth-order valence-electron chi connectivity index (χ4n) is 1.75. The molecule has 2 aromatic rings. The van der Waals surface area contributed by atoms with Crippen LogP contribution in [0.5, 0.6) is 0 Å². The summed E-state index contributed by atoms with van der Waals surface area (Å²) >= 11 is 5.73. The molecule has 2 aromatic carbocycles. The Bertz CT molecular complexity index is 686. The van der Waals surface area contributed by atoms with Crippen LogP contribution in [-0.2, 0) is 11.2 Å². The second kappa shape index (κ2) is 6.37. The third-order valence-electron chi connectivity index (χ3n) is 2.74. The number of rotatable bonds is 4. The van der Waals surface area contributed by atoms with Crippen molar-refractivity contribution in [2.75, 3.05) is 5.32 Å². The maximum atomic E-state index is 13.5. The first-order valence-corrected chi connectivity index (χ1v) is 6.40. The van der Waals surface area contributed by atoms with Gasteiger partial charge in [0.1, 0.15) is 5.82 Å². The summed E-state index contributed by atoms with van der Waals surface area (Å²) in [7, 11) is 0. The topological polar surface area (TPSA) is 66.4 Å². The molecule has 21 heavy (non-hydrogen) atoms. The van der Waals surface area contributed by atoms with Gasteiger partial charge in [-0.1, -0.05) is 23.7 Å². The molecule has 0 aliphatic heterocycles. The van der Waals surface area contributed by atoms with Crippen LogP contribution in [-0.4, -0.2) is 17.0 Å². The zero-order valence-corrected chi connectivity index (χ0v) is 11.5. The molecule has 0 spiro atoms. The van der Waals surface area contributed by atoms with Gasteiger partial charge in [-0.25, -0.2) is 4.39 Å². The van der Waals surface area contributed by atoms with Crippen molar-refractivity contribution in [3.05, 3.63) is 64.4 Å². The maximum Gasteiger partial charge on any atom is 0.307 e. The fourth-order valence-corrected chi connectivity index (χ4v) is 1.92. The first kappa shape index (κ1) is 15.0. The third kappa shape index (κ3) is 4.03. The number of carbonyl (C=O) groups excluding carboxylic acids is 1. The number of carbonyl (C=O) groups is 2. The van der Waals surface area contributed by atoms with E-state index < -0.39 is 17.7 Å². The zero-order chi connectivity index (χ0) is 15.4. The Kier molecular flexibility index (Phi) is 4.55. The van der Waals surface area contributed by atoms with E-state index in [4.69, 9.17) is 16.7 Å². The normalized spacial score (nSPS) is 10.2. The van der Waals surface area contributed by atoms with E-state index in [1.165, 1.54) is 12.1 Å². The molecule has 0 atom stereocenters. The summed E-state index contributed by atoms with van der Waals surface area (Å²) in [4.78, 5) is 22.5. The number of hydrogen-bond donors (Lipinski definition) is 2. The van der Waals surface area contributed by atoms with Crippen molar-refractivity contribution in [2.24, 2.45) is 0 Å². The Morgan fingerprint density at radius 1 is 1.14 bits per heavy atom. The molecule has 0 bridgehead atoms. The van der Waals surface area contributed by atoms with Crippen LogP contribution >= 0.6 is 11.6 Å². The van der Waals surface area contributed by atoms with Crippen molar-refractivity contribution in [2.45, 2.75) is 6.42 Å². The minimum Gasteiger partial charge on any atom is -0.481 e. The third-order valence-corrected chi connectivity index (χ3v) is 2.98. The van der Waals surface area contributed by atoms with Gasteiger partial charge in [0, 0.05) is 10.7 Å². The number of anilines is 1. The van der Waals surface area contributed by atoms with Crippen molar-refractivity contribution in [1.82, 2.24) is 0 Å². The monoisotopic (exact) mass is 307 g/mol. The van der Waals surface area contributed by atoms with E-state index in [2.05, 4.69) is 5.32 Å². The second-order valence-electron chi connectivity index (χ2n) is 4.35. The highest BCUT2D eigenvalue weighted by molar-refractivity contribution is 6.31. The van der Waals surface area contributed by atoms with Crippen molar-refractivity contribution in [3.8, 4) is 0 Å². The minimum atomic E-state index is -0.937. The van der Waals surface area contributed by atoms with Crippen LogP contribution in [0.2, 0.25) is 5.02 Å². The quantitative estimate of drug-likeness (QED) is 0.910. The molecule has 0 radical (unpaired) electrons. The summed E-state index contributed by atoms with van der Waals surface area (Å²) in [5.74, 6) is -2.23. The summed E-state index contributed by atoms with van der Waals surface area (Å²) in [5, 5.41) is 11.4. The van der Waals surface area contributed by atoms with Gasteiger partial charge >= 0.3 is 5.97 Å². The first-order valence-electron chi connectivity index (χ1n) is 6.03. The largest absolute Gasteiger partial charge is 0.481 e. The van der Waals surface area contributed by atoms with Crippen molar-refractivity contribution < 1.29 is 19.1 Å². The Labute approximate surface area is 125 Å². The van der Waals surface area contributed by atoms with E-state index in [1.807, 2.05) is 0 Å². The highest BCUT2D eigenvalue weighted by atomic mass is 35.5. The summed E-state index contributed by atoms with van der Waals surface area (Å²) in [5.41, 5.74) is 0.889. The molecule has 108 valence electrons. The Hall–Kier alpha value is -2.40. The Morgan fingerprint density at radius 3 is 2.43 bits per heavy atom. The summed E-state index contributed by atoms with van der Waals surface area (Å²) < 4.78 is 13.5. The standard InChI is InChI=1S/C15H11ClFNO3/c16-10-3-6-13(17)12(8-10)15(21)18-11-4-1-9(2-5-11)7-14(19)20/h1-6,8H,7H2,(H,18,21)(H,19,20). The molecule has 0 aromatic heterocycles. The van der Waals surface area contributed by atoms with Crippen molar-refractivity contribution in [1.29, 1.82) is 0 Å². The average molecular weight is 308 g/mol. The molecule has 0 saturated heterocycles. The van der Waals surface area contributed by atoms with Gasteiger partial charge in [-0.15, -0.1) is 0 Å². The number of aliphatic carboxylic acids is 1. The number of carboxylic acids is 1. The van der Waals surface area contributed by atoms with E-state index in [-0.39, 0.29) is 17.0 Å². The molecule has 1 amide bonds. The van der Waals surface area contributed by atoms with E-state index in [0.717, 1.165) is 6.07 Å². The van der Waals surface area contributed by atoms with E-state index in [0.29, 0.717) is 11.3 Å². The van der Waals surface area contributed by atoms with Crippen LogP contribution in [0, 0.1) is 5.82 Å². The lowest BCUT2D eigenvalue weighted by atomic mass is 10.1. The van der Waals surface area contributed by atoms with Crippen molar-refractivity contribution >= 4 is 29.2 Å². The highest BCUT2D eigenvalue weighted by Crippen LogP contribution is 2.17. The van der Waals surface area contributed by atoms with Crippen molar-refractivity contribution in [3.63, 3.8) is 0 Å². The number of carboxylic acid groups (broad SMARTS) is 1. The predicted octanol–water partition coefficient (Wildman–Crippen LogP) is 3.36. The summed E-state index contributed by atoms with van der Waals surface area (Å²) in [6, 6.07) is 9.99. The summed E-state index contributed by atoms with van der Waals surface area (Å²) in [6.07, 6.45) is -0.100. The molecule has 0 heterocycles. The van der Waals surface area contributed by atoms with Gasteiger partial charge in [-0.05, 0) is 35.9 Å². The molecular formula is C15H11ClFNO3. The Morgan fingerprint density at radius 2 is 1.81 bits per heavy atom. The number of nitrogens with one attached hydrogen (secondary N) is 1. The van der Waals surface area contributed by atoms with Gasteiger partial charge in [0.25, 0.3) is 5.91 Å². The number of hydrogen-bond acceptors (Lipinski definition) is 2.